The zero-order valence-corrected chi connectivity index (χ0v) is 11.9. The van der Waals surface area contributed by atoms with Gasteiger partial charge in [-0.1, -0.05) is 23.2 Å². The molecule has 3 aromatic rings. The molecule has 0 amide bonds. The normalized spacial score (nSPS) is 10.8. The average molecular weight is 323 g/mol. The lowest BCUT2D eigenvalue weighted by Gasteiger charge is -2.03. The Morgan fingerprint density at radius 2 is 2.00 bits per heavy atom. The SMILES string of the molecule is O=C(O)c1ccc2nc(Nc3ccc(Cl)cc3Cl)oc2c1. The summed E-state index contributed by atoms with van der Waals surface area (Å²) in [5.41, 5.74) is 1.65. The zero-order chi connectivity index (χ0) is 15.0. The Hall–Kier alpha value is -2.24. The Bertz CT molecular complexity index is 845. The third-order valence-corrected chi connectivity index (χ3v) is 3.36. The van der Waals surface area contributed by atoms with E-state index < -0.39 is 5.97 Å². The summed E-state index contributed by atoms with van der Waals surface area (Å²) in [5, 5.41) is 12.8. The molecule has 1 aromatic heterocycles. The number of anilines is 2. The van der Waals surface area contributed by atoms with Crippen LogP contribution in [0.25, 0.3) is 11.1 Å². The van der Waals surface area contributed by atoms with Gasteiger partial charge in [0.05, 0.1) is 16.3 Å². The highest BCUT2D eigenvalue weighted by Crippen LogP contribution is 2.29. The van der Waals surface area contributed by atoms with E-state index in [1.807, 2.05) is 0 Å². The Morgan fingerprint density at radius 3 is 2.71 bits per heavy atom. The van der Waals surface area contributed by atoms with Crippen molar-refractivity contribution >= 4 is 52.0 Å². The summed E-state index contributed by atoms with van der Waals surface area (Å²) < 4.78 is 5.47. The van der Waals surface area contributed by atoms with Crippen molar-refractivity contribution in [2.75, 3.05) is 5.32 Å². The summed E-state index contributed by atoms with van der Waals surface area (Å²) in [4.78, 5) is 15.1. The van der Waals surface area contributed by atoms with Crippen LogP contribution in [-0.2, 0) is 0 Å². The Balaban J connectivity index is 1.95. The number of carbonyl (C=O) groups is 1. The molecule has 2 aromatic carbocycles. The van der Waals surface area contributed by atoms with Gasteiger partial charge in [-0.2, -0.15) is 4.98 Å². The molecule has 2 N–H and O–H groups in total. The predicted octanol–water partition coefficient (Wildman–Crippen LogP) is 4.58. The Morgan fingerprint density at radius 1 is 1.19 bits per heavy atom. The van der Waals surface area contributed by atoms with Gasteiger partial charge in [0.2, 0.25) is 0 Å². The molecule has 3 rings (SSSR count). The number of carboxylic acid groups (broad SMARTS) is 1. The second kappa shape index (κ2) is 5.27. The maximum absolute atomic E-state index is 10.9. The highest BCUT2D eigenvalue weighted by atomic mass is 35.5. The molecule has 0 saturated heterocycles. The number of rotatable bonds is 3. The van der Waals surface area contributed by atoms with Gasteiger partial charge < -0.3 is 14.8 Å². The number of halogens is 2. The van der Waals surface area contributed by atoms with E-state index in [2.05, 4.69) is 10.3 Å². The summed E-state index contributed by atoms with van der Waals surface area (Å²) in [6.45, 7) is 0. The summed E-state index contributed by atoms with van der Waals surface area (Å²) in [7, 11) is 0. The fourth-order valence-corrected chi connectivity index (χ4v) is 2.27. The molecular weight excluding hydrogens is 315 g/mol. The van der Waals surface area contributed by atoms with Gasteiger partial charge in [0.15, 0.2) is 5.58 Å². The molecule has 0 fully saturated rings. The number of hydrogen-bond donors (Lipinski definition) is 2. The van der Waals surface area contributed by atoms with Crippen molar-refractivity contribution in [3.63, 3.8) is 0 Å². The van der Waals surface area contributed by atoms with Crippen LogP contribution in [-0.4, -0.2) is 16.1 Å². The Kier molecular flexibility index (Phi) is 3.45. The summed E-state index contributed by atoms with van der Waals surface area (Å²) >= 11 is 11.9. The maximum Gasteiger partial charge on any atom is 0.335 e. The number of hydrogen-bond acceptors (Lipinski definition) is 4. The number of aromatic nitrogens is 1. The first-order chi connectivity index (χ1) is 10.0. The van der Waals surface area contributed by atoms with Crippen LogP contribution in [0.3, 0.4) is 0 Å². The maximum atomic E-state index is 10.9. The second-order valence-electron chi connectivity index (χ2n) is 4.26. The van der Waals surface area contributed by atoms with Crippen molar-refractivity contribution in [2.45, 2.75) is 0 Å². The van der Waals surface area contributed by atoms with Crippen LogP contribution in [0.5, 0.6) is 0 Å². The first-order valence-electron chi connectivity index (χ1n) is 5.89. The minimum atomic E-state index is -1.02. The number of oxazole rings is 1. The lowest BCUT2D eigenvalue weighted by atomic mass is 10.2. The van der Waals surface area contributed by atoms with Gasteiger partial charge in [-0.25, -0.2) is 4.79 Å². The average Bonchev–Trinajstić information content (AvgIpc) is 2.83. The van der Waals surface area contributed by atoms with Gasteiger partial charge >= 0.3 is 5.97 Å². The lowest BCUT2D eigenvalue weighted by Crippen LogP contribution is -1.94. The highest BCUT2D eigenvalue weighted by molar-refractivity contribution is 6.36. The molecule has 0 aliphatic rings. The predicted molar refractivity (Wildman–Crippen MR) is 80.7 cm³/mol. The van der Waals surface area contributed by atoms with E-state index in [4.69, 9.17) is 32.7 Å². The minimum absolute atomic E-state index is 0.134. The van der Waals surface area contributed by atoms with E-state index in [-0.39, 0.29) is 11.6 Å². The standard InChI is InChI=1S/C14H8Cl2N2O3/c15-8-2-4-10(9(16)6-8)17-14-18-11-3-1-7(13(19)20)5-12(11)21-14/h1-6H,(H,17,18)(H,19,20). The first-order valence-corrected chi connectivity index (χ1v) is 6.64. The summed E-state index contributed by atoms with van der Waals surface area (Å²) in [5.74, 6) is -1.02. The molecular formula is C14H8Cl2N2O3. The number of nitrogens with zero attached hydrogens (tertiary/aromatic N) is 1. The molecule has 0 radical (unpaired) electrons. The highest BCUT2D eigenvalue weighted by Gasteiger charge is 2.11. The molecule has 0 atom stereocenters. The molecule has 21 heavy (non-hydrogen) atoms. The third-order valence-electron chi connectivity index (χ3n) is 2.81. The molecule has 0 bridgehead atoms. The van der Waals surface area contributed by atoms with Crippen LogP contribution in [0.1, 0.15) is 10.4 Å². The van der Waals surface area contributed by atoms with Crippen LogP contribution < -0.4 is 5.32 Å². The molecule has 0 spiro atoms. The molecule has 106 valence electrons. The van der Waals surface area contributed by atoms with E-state index in [1.165, 1.54) is 12.1 Å². The number of fused-ring (bicyclic) bond motifs is 1. The second-order valence-corrected chi connectivity index (χ2v) is 5.10. The summed E-state index contributed by atoms with van der Waals surface area (Å²) in [6, 6.07) is 9.65. The van der Waals surface area contributed by atoms with Gasteiger partial charge in [0, 0.05) is 5.02 Å². The van der Waals surface area contributed by atoms with E-state index in [1.54, 1.807) is 24.3 Å². The first kappa shape index (κ1) is 13.7. The van der Waals surface area contributed by atoms with Gasteiger partial charge in [-0.05, 0) is 36.4 Å². The van der Waals surface area contributed by atoms with E-state index in [9.17, 15) is 4.79 Å². The van der Waals surface area contributed by atoms with Gasteiger partial charge in [-0.3, -0.25) is 0 Å². The van der Waals surface area contributed by atoms with E-state index in [0.29, 0.717) is 26.8 Å². The van der Waals surface area contributed by atoms with Crippen molar-refractivity contribution in [1.82, 2.24) is 4.98 Å². The summed E-state index contributed by atoms with van der Waals surface area (Å²) in [6.07, 6.45) is 0. The van der Waals surface area contributed by atoms with Crippen molar-refractivity contribution in [1.29, 1.82) is 0 Å². The van der Waals surface area contributed by atoms with Gasteiger partial charge in [0.1, 0.15) is 5.52 Å². The largest absolute Gasteiger partial charge is 0.478 e. The van der Waals surface area contributed by atoms with Gasteiger partial charge in [0.25, 0.3) is 6.01 Å². The van der Waals surface area contributed by atoms with Gasteiger partial charge in [-0.15, -0.1) is 0 Å². The van der Waals surface area contributed by atoms with Crippen molar-refractivity contribution < 1.29 is 14.3 Å². The van der Waals surface area contributed by atoms with Crippen LogP contribution in [0.4, 0.5) is 11.7 Å². The minimum Gasteiger partial charge on any atom is -0.478 e. The van der Waals surface area contributed by atoms with Crippen LogP contribution in [0.2, 0.25) is 10.0 Å². The third kappa shape index (κ3) is 2.79. The molecule has 7 heteroatoms. The molecule has 0 unspecified atom stereocenters. The molecule has 0 aliphatic heterocycles. The molecule has 0 saturated carbocycles. The van der Waals surface area contributed by atoms with E-state index in [0.717, 1.165) is 0 Å². The number of benzene rings is 2. The van der Waals surface area contributed by atoms with Crippen LogP contribution in [0.15, 0.2) is 40.8 Å². The Labute approximate surface area is 129 Å². The van der Waals surface area contributed by atoms with E-state index >= 15 is 0 Å². The smallest absolute Gasteiger partial charge is 0.335 e. The lowest BCUT2D eigenvalue weighted by molar-refractivity contribution is 0.0697. The zero-order valence-electron chi connectivity index (χ0n) is 10.4. The van der Waals surface area contributed by atoms with Crippen LogP contribution in [0, 0.1) is 0 Å². The van der Waals surface area contributed by atoms with Crippen molar-refractivity contribution in [3.8, 4) is 0 Å². The van der Waals surface area contributed by atoms with Crippen LogP contribution >= 0.6 is 23.2 Å². The fourth-order valence-electron chi connectivity index (χ4n) is 1.82. The monoisotopic (exact) mass is 322 g/mol. The fraction of sp³-hybridized carbons (Fsp3) is 0. The number of nitrogens with one attached hydrogen (secondary N) is 1. The molecule has 5 nitrogen and oxygen atoms in total. The topological polar surface area (TPSA) is 75.4 Å². The molecule has 0 aliphatic carbocycles. The van der Waals surface area contributed by atoms with Crippen molar-refractivity contribution in [2.24, 2.45) is 0 Å². The number of aromatic carboxylic acids is 1. The molecule has 1 heterocycles. The number of carboxylic acids is 1. The quantitative estimate of drug-likeness (QED) is 0.738. The van der Waals surface area contributed by atoms with Crippen molar-refractivity contribution in [3.05, 3.63) is 52.0 Å².